The van der Waals surface area contributed by atoms with Crippen LogP contribution in [0.2, 0.25) is 0 Å². The Balaban J connectivity index is 1.94. The highest BCUT2D eigenvalue weighted by atomic mass is 16.2. The normalized spacial score (nSPS) is 22.8. The molecule has 0 spiro atoms. The van der Waals surface area contributed by atoms with Crippen molar-refractivity contribution in [2.75, 3.05) is 0 Å². The Morgan fingerprint density at radius 1 is 1.21 bits per heavy atom. The molecule has 19 heavy (non-hydrogen) atoms. The summed E-state index contributed by atoms with van der Waals surface area (Å²) in [5.74, 6) is -0.780. The summed E-state index contributed by atoms with van der Waals surface area (Å²) in [5.41, 5.74) is 11.5. The van der Waals surface area contributed by atoms with E-state index in [1.165, 1.54) is 18.3 Å². The summed E-state index contributed by atoms with van der Waals surface area (Å²) in [5, 5.41) is 2.93. The molecule has 0 bridgehead atoms. The van der Waals surface area contributed by atoms with Crippen LogP contribution >= 0.6 is 0 Å². The van der Waals surface area contributed by atoms with Gasteiger partial charge >= 0.3 is 0 Å². The van der Waals surface area contributed by atoms with E-state index in [0.717, 1.165) is 25.7 Å². The number of rotatable bonds is 3. The molecule has 0 saturated heterocycles. The minimum atomic E-state index is -0.555. The van der Waals surface area contributed by atoms with Crippen LogP contribution in [0.4, 0.5) is 0 Å². The molecule has 0 aromatic carbocycles. The van der Waals surface area contributed by atoms with E-state index < -0.39 is 5.91 Å². The molecule has 2 amide bonds. The third-order valence-corrected chi connectivity index (χ3v) is 3.39. The number of carbonyl (C=O) groups excluding carboxylic acids is 2. The maximum absolute atomic E-state index is 12.0. The lowest BCUT2D eigenvalue weighted by atomic mass is 9.92. The van der Waals surface area contributed by atoms with E-state index in [9.17, 15) is 9.59 Å². The first kappa shape index (κ1) is 13.5. The second-order valence-corrected chi connectivity index (χ2v) is 4.88. The van der Waals surface area contributed by atoms with Gasteiger partial charge in [0.2, 0.25) is 5.91 Å². The van der Waals surface area contributed by atoms with Crippen molar-refractivity contribution in [2.24, 2.45) is 11.5 Å². The fraction of sp³-hybridized carbons (Fsp3) is 0.462. The summed E-state index contributed by atoms with van der Waals surface area (Å²) in [7, 11) is 0. The molecule has 6 nitrogen and oxygen atoms in total. The molecule has 1 heterocycles. The lowest BCUT2D eigenvalue weighted by molar-refractivity contribution is 0.0918. The Kier molecular flexibility index (Phi) is 4.11. The van der Waals surface area contributed by atoms with Crippen LogP contribution in [0.3, 0.4) is 0 Å². The summed E-state index contributed by atoms with van der Waals surface area (Å²) in [6.45, 7) is 0. The average Bonchev–Trinajstić information content (AvgIpc) is 2.41. The number of hydrogen-bond donors (Lipinski definition) is 3. The summed E-state index contributed by atoms with van der Waals surface area (Å²) in [4.78, 5) is 26.8. The van der Waals surface area contributed by atoms with Crippen molar-refractivity contribution in [3.63, 3.8) is 0 Å². The highest BCUT2D eigenvalue weighted by Gasteiger charge is 2.20. The Morgan fingerprint density at radius 3 is 2.42 bits per heavy atom. The predicted molar refractivity (Wildman–Crippen MR) is 70.5 cm³/mol. The molecule has 0 aliphatic heterocycles. The van der Waals surface area contributed by atoms with Crippen molar-refractivity contribution < 1.29 is 9.59 Å². The number of amides is 2. The van der Waals surface area contributed by atoms with Crippen LogP contribution < -0.4 is 16.8 Å². The van der Waals surface area contributed by atoms with E-state index in [-0.39, 0.29) is 18.0 Å². The molecule has 0 radical (unpaired) electrons. The van der Waals surface area contributed by atoms with Crippen LogP contribution in [0, 0.1) is 0 Å². The second-order valence-electron chi connectivity index (χ2n) is 4.88. The summed E-state index contributed by atoms with van der Waals surface area (Å²) in [6.07, 6.45) is 4.96. The van der Waals surface area contributed by atoms with E-state index >= 15 is 0 Å². The highest BCUT2D eigenvalue weighted by molar-refractivity contribution is 5.95. The topological polar surface area (TPSA) is 111 Å². The van der Waals surface area contributed by atoms with Crippen LogP contribution in [0.15, 0.2) is 18.3 Å². The van der Waals surface area contributed by atoms with Crippen molar-refractivity contribution in [1.82, 2.24) is 10.3 Å². The van der Waals surface area contributed by atoms with Gasteiger partial charge in [0, 0.05) is 18.3 Å². The molecular formula is C13H18N4O2. The molecule has 6 heteroatoms. The van der Waals surface area contributed by atoms with E-state index in [1.807, 2.05) is 0 Å². The van der Waals surface area contributed by atoms with Gasteiger partial charge in [0.25, 0.3) is 5.91 Å². The van der Waals surface area contributed by atoms with Crippen molar-refractivity contribution in [3.05, 3.63) is 29.6 Å². The summed E-state index contributed by atoms with van der Waals surface area (Å²) < 4.78 is 0. The smallest absolute Gasteiger partial charge is 0.270 e. The Bertz CT molecular complexity index is 464. The van der Waals surface area contributed by atoms with Crippen LogP contribution in [-0.4, -0.2) is 28.9 Å². The highest BCUT2D eigenvalue weighted by Crippen LogP contribution is 2.17. The van der Waals surface area contributed by atoms with Crippen LogP contribution in [0.5, 0.6) is 0 Å². The zero-order valence-corrected chi connectivity index (χ0v) is 10.6. The van der Waals surface area contributed by atoms with Gasteiger partial charge in [0.05, 0.1) is 5.56 Å². The fourth-order valence-electron chi connectivity index (χ4n) is 2.20. The molecule has 2 rings (SSSR count). The molecule has 5 N–H and O–H groups in total. The fourth-order valence-corrected chi connectivity index (χ4v) is 2.20. The monoisotopic (exact) mass is 262 g/mol. The van der Waals surface area contributed by atoms with Gasteiger partial charge in [0.15, 0.2) is 0 Å². The van der Waals surface area contributed by atoms with Crippen molar-refractivity contribution >= 4 is 11.8 Å². The molecule has 1 fully saturated rings. The molecule has 1 aromatic heterocycles. The predicted octanol–water partition coefficient (Wildman–Crippen LogP) is 0.180. The second kappa shape index (κ2) is 5.79. The number of nitrogens with one attached hydrogen (secondary N) is 1. The molecule has 0 atom stereocenters. The first-order chi connectivity index (χ1) is 9.06. The van der Waals surface area contributed by atoms with E-state index in [4.69, 9.17) is 11.5 Å². The third-order valence-electron chi connectivity index (χ3n) is 3.39. The molecule has 1 aliphatic rings. The number of primary amides is 1. The van der Waals surface area contributed by atoms with Gasteiger partial charge in [-0.15, -0.1) is 0 Å². The van der Waals surface area contributed by atoms with E-state index in [2.05, 4.69) is 10.3 Å². The quantitative estimate of drug-likeness (QED) is 0.721. The lowest BCUT2D eigenvalue weighted by Gasteiger charge is -2.26. The van der Waals surface area contributed by atoms with Crippen molar-refractivity contribution in [2.45, 2.75) is 37.8 Å². The average molecular weight is 262 g/mol. The number of pyridine rings is 1. The van der Waals surface area contributed by atoms with Crippen LogP contribution in [0.25, 0.3) is 0 Å². The number of carbonyl (C=O) groups is 2. The minimum Gasteiger partial charge on any atom is -0.366 e. The van der Waals surface area contributed by atoms with Gasteiger partial charge in [-0.2, -0.15) is 0 Å². The molecule has 1 aliphatic carbocycles. The molecule has 102 valence electrons. The number of hydrogen-bond acceptors (Lipinski definition) is 4. The van der Waals surface area contributed by atoms with Gasteiger partial charge in [-0.1, -0.05) is 0 Å². The number of nitrogens with zero attached hydrogens (tertiary/aromatic N) is 1. The maximum Gasteiger partial charge on any atom is 0.270 e. The molecular weight excluding hydrogens is 244 g/mol. The van der Waals surface area contributed by atoms with Crippen LogP contribution in [-0.2, 0) is 0 Å². The van der Waals surface area contributed by atoms with Gasteiger partial charge in [-0.25, -0.2) is 0 Å². The Hall–Kier alpha value is -1.95. The number of aromatic nitrogens is 1. The first-order valence-electron chi connectivity index (χ1n) is 6.38. The van der Waals surface area contributed by atoms with Gasteiger partial charge in [-0.3, -0.25) is 14.6 Å². The SMILES string of the molecule is NC(=O)c1ccc(C(=O)NC2CCC(N)CC2)nc1. The van der Waals surface area contributed by atoms with Gasteiger partial charge in [0.1, 0.15) is 5.69 Å². The maximum atomic E-state index is 12.0. The van der Waals surface area contributed by atoms with Crippen molar-refractivity contribution in [1.29, 1.82) is 0 Å². The van der Waals surface area contributed by atoms with Crippen molar-refractivity contribution in [3.8, 4) is 0 Å². The van der Waals surface area contributed by atoms with E-state index in [0.29, 0.717) is 11.3 Å². The molecule has 1 saturated carbocycles. The summed E-state index contributed by atoms with van der Waals surface area (Å²) in [6, 6.07) is 3.41. The lowest BCUT2D eigenvalue weighted by Crippen LogP contribution is -2.40. The summed E-state index contributed by atoms with van der Waals surface area (Å²) >= 11 is 0. The zero-order chi connectivity index (χ0) is 13.8. The largest absolute Gasteiger partial charge is 0.366 e. The van der Waals surface area contributed by atoms with Gasteiger partial charge in [-0.05, 0) is 37.8 Å². The standard InChI is InChI=1S/C13H18N4O2/c14-9-2-4-10(5-3-9)17-13(19)11-6-1-8(7-16-11)12(15)18/h1,6-7,9-10H,2-5,14H2,(H2,15,18)(H,17,19). The molecule has 0 unspecified atom stereocenters. The van der Waals surface area contributed by atoms with E-state index in [1.54, 1.807) is 0 Å². The Morgan fingerprint density at radius 2 is 1.89 bits per heavy atom. The Labute approximate surface area is 111 Å². The van der Waals surface area contributed by atoms with Gasteiger partial charge < -0.3 is 16.8 Å². The third kappa shape index (κ3) is 3.51. The van der Waals surface area contributed by atoms with Crippen LogP contribution in [0.1, 0.15) is 46.5 Å². The molecule has 1 aromatic rings. The first-order valence-corrected chi connectivity index (χ1v) is 6.38. The minimum absolute atomic E-state index is 0.157. The zero-order valence-electron chi connectivity index (χ0n) is 10.6. The number of nitrogens with two attached hydrogens (primary N) is 2.